The Hall–Kier alpha value is -2.17. The average molecular weight is 460 g/mol. The molecule has 0 spiro atoms. The van der Waals surface area contributed by atoms with E-state index in [4.69, 9.17) is 0 Å². The van der Waals surface area contributed by atoms with Crippen LogP contribution in [-0.2, 0) is 19.4 Å². The second-order valence-electron chi connectivity index (χ2n) is 8.53. The summed E-state index contributed by atoms with van der Waals surface area (Å²) in [5.41, 5.74) is 5.06. The molecular formula is C29H34NPS. The molecule has 0 aliphatic rings. The van der Waals surface area contributed by atoms with Gasteiger partial charge in [-0.3, -0.25) is 0 Å². The summed E-state index contributed by atoms with van der Waals surface area (Å²) in [6.45, 7) is 9.40. The van der Waals surface area contributed by atoms with Gasteiger partial charge in [-0.05, 0) is 64.9 Å². The molecule has 3 heteroatoms. The highest BCUT2D eigenvalue weighted by Crippen LogP contribution is 2.22. The monoisotopic (exact) mass is 459 g/mol. The molecule has 166 valence electrons. The molecule has 1 N–H and O–H groups in total. The number of hydrogen-bond donors (Lipinski definition) is 1. The third kappa shape index (κ3) is 7.75. The smallest absolute Gasteiger partial charge is 0.0466 e. The summed E-state index contributed by atoms with van der Waals surface area (Å²) in [6.07, 6.45) is 4.95. The molecule has 3 atom stereocenters. The maximum absolute atomic E-state index is 3.99. The first-order valence-corrected chi connectivity index (χ1v) is 12.9. The SMILES string of the molecule is C=CC(Cc1cccc(C#CCCc2ccc(C(P)NCc3cccs3)cc2)c1)C(C)C. The highest BCUT2D eigenvalue weighted by molar-refractivity contribution is 7.17. The molecule has 1 heterocycles. The Labute approximate surface area is 200 Å². The van der Waals surface area contributed by atoms with Crippen LogP contribution in [0.4, 0.5) is 0 Å². The van der Waals surface area contributed by atoms with E-state index in [1.165, 1.54) is 21.6 Å². The topological polar surface area (TPSA) is 12.0 Å². The van der Waals surface area contributed by atoms with Crippen molar-refractivity contribution >= 4 is 20.6 Å². The van der Waals surface area contributed by atoms with Gasteiger partial charge in [-0.2, -0.15) is 0 Å². The van der Waals surface area contributed by atoms with Crippen LogP contribution in [0.2, 0.25) is 0 Å². The predicted molar refractivity (Wildman–Crippen MR) is 144 cm³/mol. The Morgan fingerprint density at radius 2 is 1.88 bits per heavy atom. The quantitative estimate of drug-likeness (QED) is 0.189. The summed E-state index contributed by atoms with van der Waals surface area (Å²) < 4.78 is 0. The van der Waals surface area contributed by atoms with Crippen LogP contribution in [0.3, 0.4) is 0 Å². The fourth-order valence-electron chi connectivity index (χ4n) is 3.64. The van der Waals surface area contributed by atoms with Gasteiger partial charge in [-0.15, -0.1) is 27.2 Å². The number of thiophene rings is 1. The number of benzene rings is 2. The van der Waals surface area contributed by atoms with Gasteiger partial charge in [0.2, 0.25) is 0 Å². The van der Waals surface area contributed by atoms with Gasteiger partial charge in [-0.1, -0.05) is 74.2 Å². The summed E-state index contributed by atoms with van der Waals surface area (Å²) in [4.78, 5) is 1.36. The van der Waals surface area contributed by atoms with Crippen LogP contribution in [0, 0.1) is 23.7 Å². The van der Waals surface area contributed by atoms with Gasteiger partial charge in [0.05, 0.1) is 0 Å². The number of aryl methyl sites for hydroxylation is 1. The van der Waals surface area contributed by atoms with Gasteiger partial charge in [0, 0.05) is 29.2 Å². The second kappa shape index (κ2) is 12.8. The van der Waals surface area contributed by atoms with Crippen molar-refractivity contribution in [1.29, 1.82) is 0 Å². The lowest BCUT2D eigenvalue weighted by molar-refractivity contribution is 0.464. The minimum atomic E-state index is 0.259. The minimum absolute atomic E-state index is 0.259. The Balaban J connectivity index is 1.48. The number of hydrogen-bond acceptors (Lipinski definition) is 2. The maximum atomic E-state index is 3.99. The van der Waals surface area contributed by atoms with Gasteiger partial charge >= 0.3 is 0 Å². The molecule has 3 unspecified atom stereocenters. The Kier molecular flexibility index (Phi) is 9.76. The van der Waals surface area contributed by atoms with Crippen molar-refractivity contribution in [2.45, 2.75) is 45.4 Å². The fraction of sp³-hybridized carbons (Fsp3) is 0.310. The normalized spacial score (nSPS) is 12.8. The lowest BCUT2D eigenvalue weighted by Crippen LogP contribution is -2.15. The molecule has 1 nitrogen and oxygen atoms in total. The summed E-state index contributed by atoms with van der Waals surface area (Å²) in [6, 6.07) is 21.8. The molecule has 0 amide bonds. The zero-order valence-electron chi connectivity index (χ0n) is 19.2. The van der Waals surface area contributed by atoms with Gasteiger partial charge in [0.15, 0.2) is 0 Å². The standard InChI is InChI=1S/C29H34NPS/c1-4-26(22(2)3)20-25-12-7-11-24(19-25)10-6-5-9-23-14-16-27(17-15-23)29(31)30-21-28-13-8-18-32-28/h4,7-8,11-19,22,26,29-30H,1,5,9,20-21,31H2,2-3H3. The third-order valence-electron chi connectivity index (χ3n) is 5.74. The minimum Gasteiger partial charge on any atom is -0.302 e. The van der Waals surface area contributed by atoms with E-state index in [-0.39, 0.29) is 5.78 Å². The first-order valence-electron chi connectivity index (χ1n) is 11.4. The summed E-state index contributed by atoms with van der Waals surface area (Å²) in [5, 5.41) is 5.68. The third-order valence-corrected chi connectivity index (χ3v) is 7.24. The van der Waals surface area contributed by atoms with Crippen molar-refractivity contribution in [1.82, 2.24) is 5.32 Å². The Bertz CT molecular complexity index is 1030. The van der Waals surface area contributed by atoms with Gasteiger partial charge < -0.3 is 5.32 Å². The molecular weight excluding hydrogens is 425 g/mol. The molecule has 0 radical (unpaired) electrons. The molecule has 0 aliphatic heterocycles. The zero-order valence-corrected chi connectivity index (χ0v) is 21.2. The van der Waals surface area contributed by atoms with E-state index in [1.807, 2.05) is 0 Å². The first-order chi connectivity index (χ1) is 15.5. The van der Waals surface area contributed by atoms with Crippen molar-refractivity contribution in [2.75, 3.05) is 0 Å². The van der Waals surface area contributed by atoms with Crippen molar-refractivity contribution in [2.24, 2.45) is 11.8 Å². The van der Waals surface area contributed by atoms with Crippen LogP contribution in [0.1, 0.15) is 53.2 Å². The molecule has 3 rings (SSSR count). The molecule has 0 aliphatic carbocycles. The molecule has 1 aromatic heterocycles. The van der Waals surface area contributed by atoms with E-state index in [1.54, 1.807) is 11.3 Å². The second-order valence-corrected chi connectivity index (χ2v) is 10.2. The lowest BCUT2D eigenvalue weighted by Gasteiger charge is -2.16. The number of nitrogens with one attached hydrogen (secondary N) is 1. The van der Waals surface area contributed by atoms with Crippen LogP contribution in [0.25, 0.3) is 0 Å². The molecule has 0 saturated heterocycles. The van der Waals surface area contributed by atoms with Crippen molar-refractivity contribution in [3.05, 3.63) is 106 Å². The van der Waals surface area contributed by atoms with E-state index >= 15 is 0 Å². The molecule has 3 aromatic rings. The largest absolute Gasteiger partial charge is 0.302 e. The molecule has 32 heavy (non-hydrogen) atoms. The zero-order chi connectivity index (χ0) is 22.8. The Morgan fingerprint density at radius 1 is 1.06 bits per heavy atom. The summed E-state index contributed by atoms with van der Waals surface area (Å²) in [5.74, 6) is 8.07. The number of allylic oxidation sites excluding steroid dienone is 1. The first kappa shape index (κ1) is 24.5. The summed E-state index contributed by atoms with van der Waals surface area (Å²) >= 11 is 1.79. The van der Waals surface area contributed by atoms with Crippen molar-refractivity contribution in [3.8, 4) is 11.8 Å². The van der Waals surface area contributed by atoms with Gasteiger partial charge in [-0.25, -0.2) is 0 Å². The van der Waals surface area contributed by atoms with E-state index in [0.29, 0.717) is 11.8 Å². The van der Waals surface area contributed by atoms with Crippen molar-refractivity contribution in [3.63, 3.8) is 0 Å². The van der Waals surface area contributed by atoms with Crippen LogP contribution in [-0.4, -0.2) is 0 Å². The van der Waals surface area contributed by atoms with Gasteiger partial charge in [0.25, 0.3) is 0 Å². The van der Waals surface area contributed by atoms with Crippen LogP contribution in [0.5, 0.6) is 0 Å². The molecule has 0 fully saturated rings. The van der Waals surface area contributed by atoms with E-state index in [2.05, 4.69) is 119 Å². The highest BCUT2D eigenvalue weighted by atomic mass is 32.1. The van der Waals surface area contributed by atoms with E-state index in [0.717, 1.165) is 31.4 Å². The average Bonchev–Trinajstić information content (AvgIpc) is 3.33. The summed E-state index contributed by atoms with van der Waals surface area (Å²) in [7, 11) is 2.90. The van der Waals surface area contributed by atoms with E-state index in [9.17, 15) is 0 Å². The van der Waals surface area contributed by atoms with Crippen LogP contribution >= 0.6 is 20.6 Å². The Morgan fingerprint density at radius 3 is 2.56 bits per heavy atom. The lowest BCUT2D eigenvalue weighted by atomic mass is 9.89. The van der Waals surface area contributed by atoms with E-state index < -0.39 is 0 Å². The maximum Gasteiger partial charge on any atom is 0.0466 e. The predicted octanol–water partition coefficient (Wildman–Crippen LogP) is 7.40. The fourth-order valence-corrected chi connectivity index (χ4v) is 4.64. The van der Waals surface area contributed by atoms with Crippen LogP contribution < -0.4 is 5.32 Å². The molecule has 0 saturated carbocycles. The molecule has 2 aromatic carbocycles. The number of rotatable bonds is 10. The van der Waals surface area contributed by atoms with Crippen LogP contribution in [0.15, 0.2) is 78.7 Å². The molecule has 0 bridgehead atoms. The van der Waals surface area contributed by atoms with Gasteiger partial charge in [0.1, 0.15) is 0 Å². The van der Waals surface area contributed by atoms with Crippen molar-refractivity contribution < 1.29 is 0 Å². The highest BCUT2D eigenvalue weighted by Gasteiger charge is 2.10.